The number of benzene rings is 2. The first kappa shape index (κ1) is 41.3. The van der Waals surface area contributed by atoms with Crippen molar-refractivity contribution in [3.8, 4) is 0 Å². The Balaban J connectivity index is 0.00000800. The van der Waals surface area contributed by atoms with Gasteiger partial charge in [0.2, 0.25) is 17.7 Å². The van der Waals surface area contributed by atoms with Crippen molar-refractivity contribution in [3.63, 3.8) is 0 Å². The lowest BCUT2D eigenvalue weighted by molar-refractivity contribution is -0.128. The van der Waals surface area contributed by atoms with Crippen LogP contribution in [0.5, 0.6) is 0 Å². The largest absolute Gasteiger partial charge is 1.00 e. The minimum Gasteiger partial charge on any atom is -1.00 e. The summed E-state index contributed by atoms with van der Waals surface area (Å²) in [4.78, 5) is 41.2. The summed E-state index contributed by atoms with van der Waals surface area (Å²) in [6.45, 7) is 5.58. The van der Waals surface area contributed by atoms with E-state index in [9.17, 15) is 14.4 Å². The van der Waals surface area contributed by atoms with Crippen LogP contribution in [-0.4, -0.2) is 42.9 Å². The Kier molecular flexibility index (Phi) is 20.2. The molecule has 2 aromatic carbocycles. The number of hydrogen-bond acceptors (Lipinski definition) is 3. The average molecular weight is 683 g/mol. The summed E-state index contributed by atoms with van der Waals surface area (Å²) in [7, 11) is 2.08. The maximum atomic E-state index is 13.2. The molecule has 0 saturated carbocycles. The zero-order chi connectivity index (χ0) is 33.7. The number of halogens is 1. The topological polar surface area (TPSA) is 78.5 Å². The van der Waals surface area contributed by atoms with Gasteiger partial charge in [0.1, 0.15) is 11.4 Å². The molecule has 0 aromatic heterocycles. The summed E-state index contributed by atoms with van der Waals surface area (Å²) in [6.07, 6.45) is 21.4. The molecule has 0 unspecified atom stereocenters. The Labute approximate surface area is 297 Å². The molecule has 268 valence electrons. The lowest BCUT2D eigenvalue weighted by atomic mass is 10.1. The summed E-state index contributed by atoms with van der Waals surface area (Å²) < 4.78 is 0.244. The molecule has 7 nitrogen and oxygen atoms in total. The van der Waals surface area contributed by atoms with Crippen molar-refractivity contribution in [1.29, 1.82) is 0 Å². The van der Waals surface area contributed by atoms with Crippen molar-refractivity contribution in [2.24, 2.45) is 0 Å². The van der Waals surface area contributed by atoms with Crippen molar-refractivity contribution >= 4 is 40.5 Å². The van der Waals surface area contributed by atoms with Gasteiger partial charge in [0.05, 0.1) is 7.05 Å². The number of nitrogens with one attached hydrogen (secondary N) is 2. The molecular weight excluding hydrogens is 620 g/mol. The lowest BCUT2D eigenvalue weighted by Crippen LogP contribution is -3.00. The Hall–Kier alpha value is -2.90. The second-order valence-corrected chi connectivity index (χ2v) is 13.7. The zero-order valence-electron chi connectivity index (χ0n) is 30.2. The van der Waals surface area contributed by atoms with Gasteiger partial charge >= 0.3 is 0 Å². The van der Waals surface area contributed by atoms with Gasteiger partial charge in [-0.05, 0) is 31.4 Å². The van der Waals surface area contributed by atoms with E-state index in [0.29, 0.717) is 32.5 Å². The number of anilines is 2. The van der Waals surface area contributed by atoms with Crippen LogP contribution in [0.15, 0.2) is 48.5 Å². The van der Waals surface area contributed by atoms with Crippen molar-refractivity contribution in [2.45, 2.75) is 142 Å². The fourth-order valence-electron chi connectivity index (χ4n) is 6.76. The van der Waals surface area contributed by atoms with Crippen LogP contribution in [-0.2, 0) is 14.4 Å². The molecule has 1 heterocycles. The average Bonchev–Trinajstić information content (AvgIpc) is 3.47. The molecule has 48 heavy (non-hydrogen) atoms. The van der Waals surface area contributed by atoms with Crippen LogP contribution in [0.4, 0.5) is 22.7 Å². The van der Waals surface area contributed by atoms with Crippen LogP contribution in [0.2, 0.25) is 0 Å². The van der Waals surface area contributed by atoms with Gasteiger partial charge in [-0.2, -0.15) is 0 Å². The molecule has 0 atom stereocenters. The fraction of sp³-hybridized carbons (Fsp3) is 0.625. The number of carbonyl (C=O) groups excluding carboxylic acids is 3. The van der Waals surface area contributed by atoms with Crippen LogP contribution in [0, 0.1) is 0 Å². The molecule has 1 fully saturated rings. The number of quaternary nitrogens is 1. The van der Waals surface area contributed by atoms with Gasteiger partial charge in [0, 0.05) is 37.9 Å². The molecule has 0 spiro atoms. The molecule has 1 saturated heterocycles. The van der Waals surface area contributed by atoms with Gasteiger partial charge in [-0.3, -0.25) is 19.3 Å². The molecule has 0 bridgehead atoms. The zero-order valence-corrected chi connectivity index (χ0v) is 30.9. The van der Waals surface area contributed by atoms with E-state index >= 15 is 0 Å². The normalized spacial score (nSPS) is 13.0. The number of likely N-dealkylation sites (tertiary alicyclic amines) is 1. The number of rotatable bonds is 24. The third-order valence-electron chi connectivity index (χ3n) is 9.56. The summed E-state index contributed by atoms with van der Waals surface area (Å²) >= 11 is 0. The van der Waals surface area contributed by atoms with E-state index in [1.165, 1.54) is 77.0 Å². The molecule has 0 radical (unpaired) electrons. The van der Waals surface area contributed by atoms with Crippen LogP contribution in [0.25, 0.3) is 0 Å². The third-order valence-corrected chi connectivity index (χ3v) is 9.56. The molecule has 0 aliphatic carbocycles. The van der Waals surface area contributed by atoms with Crippen LogP contribution < -0.4 is 27.5 Å². The summed E-state index contributed by atoms with van der Waals surface area (Å²) in [5.41, 5.74) is 3.26. The Morgan fingerprint density at radius 1 is 0.646 bits per heavy atom. The number of para-hydroxylation sites is 4. The third kappa shape index (κ3) is 13.9. The fourth-order valence-corrected chi connectivity index (χ4v) is 6.76. The predicted molar refractivity (Wildman–Crippen MR) is 198 cm³/mol. The van der Waals surface area contributed by atoms with Gasteiger partial charge in [-0.25, -0.2) is 4.48 Å². The monoisotopic (exact) mass is 682 g/mol. The standard InChI is InChI=1S/C40H62N4O3.ClH/c1-4-6-8-10-12-14-16-18-29-38(45)41-34-25-20-22-27-36(34)44(3,33-43-32-24-31-40(43)47)37-28-23-21-26-35(37)42-39(46)30-19-17-15-13-11-9-7-5-2;/h20-23,25-28H,4-19,24,29-33H2,1-3H3,(H-,41,42,45,46);1H. The van der Waals surface area contributed by atoms with E-state index in [-0.39, 0.29) is 34.6 Å². The SMILES string of the molecule is CCCCCCCCCCC(=O)Nc1ccccc1[N+](C)(CN1CCCC1=O)c1ccccc1NC(=O)CCCCCCCCCC.[Cl-]. The maximum Gasteiger partial charge on any atom is 0.226 e. The van der Waals surface area contributed by atoms with Crippen molar-refractivity contribution < 1.29 is 26.8 Å². The first-order chi connectivity index (χ1) is 22.9. The number of carbonyl (C=O) groups is 3. The van der Waals surface area contributed by atoms with Crippen LogP contribution in [0.1, 0.15) is 142 Å². The van der Waals surface area contributed by atoms with E-state index < -0.39 is 0 Å². The quantitative estimate of drug-likeness (QED) is 0.0891. The van der Waals surface area contributed by atoms with Crippen molar-refractivity contribution in [2.75, 3.05) is 30.9 Å². The van der Waals surface area contributed by atoms with E-state index in [1.807, 2.05) is 53.4 Å². The van der Waals surface area contributed by atoms with Gasteiger partial charge in [-0.1, -0.05) is 128 Å². The maximum absolute atomic E-state index is 13.2. The van der Waals surface area contributed by atoms with Gasteiger partial charge < -0.3 is 23.0 Å². The second-order valence-electron chi connectivity index (χ2n) is 13.7. The molecule has 2 N–H and O–H groups in total. The van der Waals surface area contributed by atoms with Crippen LogP contribution in [0.3, 0.4) is 0 Å². The molecule has 3 rings (SSSR count). The predicted octanol–water partition coefficient (Wildman–Crippen LogP) is 7.48. The minimum atomic E-state index is 0. The highest BCUT2D eigenvalue weighted by molar-refractivity contribution is 5.97. The molecule has 1 aliphatic heterocycles. The number of nitrogens with zero attached hydrogens (tertiary/aromatic N) is 2. The Bertz CT molecular complexity index is 1160. The molecular formula is C40H63ClN4O3. The van der Waals surface area contributed by atoms with Crippen LogP contribution >= 0.6 is 0 Å². The first-order valence-electron chi connectivity index (χ1n) is 18.8. The first-order valence-corrected chi connectivity index (χ1v) is 18.8. The highest BCUT2D eigenvalue weighted by atomic mass is 35.5. The smallest absolute Gasteiger partial charge is 0.226 e. The molecule has 3 amide bonds. The van der Waals surface area contributed by atoms with Gasteiger partial charge in [0.15, 0.2) is 18.0 Å². The van der Waals surface area contributed by atoms with Gasteiger partial charge in [-0.15, -0.1) is 0 Å². The summed E-state index contributed by atoms with van der Waals surface area (Å²) in [5.74, 6) is 0.167. The van der Waals surface area contributed by atoms with Crippen molar-refractivity contribution in [3.05, 3.63) is 48.5 Å². The Morgan fingerprint density at radius 2 is 1.04 bits per heavy atom. The van der Waals surface area contributed by atoms with E-state index in [4.69, 9.17) is 0 Å². The second kappa shape index (κ2) is 23.5. The lowest BCUT2D eigenvalue weighted by Gasteiger charge is -2.38. The van der Waals surface area contributed by atoms with Gasteiger partial charge in [0.25, 0.3) is 0 Å². The van der Waals surface area contributed by atoms with E-state index in [2.05, 4.69) is 31.5 Å². The number of unbranched alkanes of at least 4 members (excludes halogenated alkanes) is 14. The Morgan fingerprint density at radius 3 is 1.44 bits per heavy atom. The number of amides is 3. The highest BCUT2D eigenvalue weighted by Crippen LogP contribution is 2.42. The van der Waals surface area contributed by atoms with E-state index in [1.54, 1.807) is 0 Å². The summed E-state index contributed by atoms with van der Waals surface area (Å²) in [6, 6.07) is 15.8. The molecule has 2 aromatic rings. The number of hydrogen-bond donors (Lipinski definition) is 2. The minimum absolute atomic E-state index is 0. The molecule has 1 aliphatic rings. The van der Waals surface area contributed by atoms with E-state index in [0.717, 1.165) is 54.9 Å². The highest BCUT2D eigenvalue weighted by Gasteiger charge is 2.38. The molecule has 8 heteroatoms. The summed E-state index contributed by atoms with van der Waals surface area (Å²) in [5, 5.41) is 6.42. The van der Waals surface area contributed by atoms with Crippen molar-refractivity contribution in [1.82, 2.24) is 9.38 Å².